The maximum absolute atomic E-state index is 13.4. The Kier molecular flexibility index (Phi) is 10.4. The van der Waals surface area contributed by atoms with Crippen LogP contribution in [0.1, 0.15) is 35.2 Å². The molecule has 1 aromatic heterocycles. The molecule has 5 nitrogen and oxygen atoms in total. The van der Waals surface area contributed by atoms with Gasteiger partial charge in [-0.1, -0.05) is 13.0 Å². The number of guanidine groups is 1. The average molecular weight is 549 g/mol. The summed E-state index contributed by atoms with van der Waals surface area (Å²) in [5.74, 6) is -0.759. The van der Waals surface area contributed by atoms with Crippen LogP contribution in [-0.4, -0.2) is 48.6 Å². The zero-order valence-corrected chi connectivity index (χ0v) is 20.6. The van der Waals surface area contributed by atoms with Crippen molar-refractivity contribution in [3.63, 3.8) is 0 Å². The number of benzene rings is 1. The molecule has 0 unspecified atom stereocenters. The summed E-state index contributed by atoms with van der Waals surface area (Å²) in [6.07, 6.45) is 5.84. The van der Waals surface area contributed by atoms with Crippen molar-refractivity contribution in [1.29, 1.82) is 0 Å². The van der Waals surface area contributed by atoms with Crippen LogP contribution in [0.5, 0.6) is 0 Å². The number of piperidine rings is 1. The van der Waals surface area contributed by atoms with Crippen molar-refractivity contribution in [3.8, 4) is 0 Å². The first-order valence-corrected chi connectivity index (χ1v) is 11.0. The molecule has 2 heterocycles. The SMILES string of the molecule is CCc1cnc(CCNC(=NC)NC2CCN(Cc3ccc(F)c(F)c3)CC2)s1.I. The number of rotatable bonds is 7. The molecule has 0 atom stereocenters. The summed E-state index contributed by atoms with van der Waals surface area (Å²) in [7, 11) is 1.78. The first kappa shape index (κ1) is 24.9. The van der Waals surface area contributed by atoms with Crippen molar-refractivity contribution in [2.45, 2.75) is 45.2 Å². The van der Waals surface area contributed by atoms with Gasteiger partial charge < -0.3 is 10.6 Å². The summed E-state index contributed by atoms with van der Waals surface area (Å²) < 4.78 is 26.4. The lowest BCUT2D eigenvalue weighted by Crippen LogP contribution is -2.48. The maximum Gasteiger partial charge on any atom is 0.191 e. The Morgan fingerprint density at radius 1 is 1.27 bits per heavy atom. The molecule has 0 radical (unpaired) electrons. The number of aryl methyl sites for hydroxylation is 1. The van der Waals surface area contributed by atoms with Crippen LogP contribution in [0, 0.1) is 11.6 Å². The Bertz CT molecular complexity index is 821. The number of nitrogens with zero attached hydrogens (tertiary/aromatic N) is 3. The largest absolute Gasteiger partial charge is 0.356 e. The highest BCUT2D eigenvalue weighted by Crippen LogP contribution is 2.16. The fraction of sp³-hybridized carbons (Fsp3) is 0.524. The topological polar surface area (TPSA) is 52.6 Å². The van der Waals surface area contributed by atoms with Gasteiger partial charge in [-0.05, 0) is 37.0 Å². The van der Waals surface area contributed by atoms with Crippen LogP contribution in [0.2, 0.25) is 0 Å². The van der Waals surface area contributed by atoms with Crippen molar-refractivity contribution in [3.05, 3.63) is 51.5 Å². The molecular formula is C21H30F2IN5S. The minimum atomic E-state index is -0.795. The van der Waals surface area contributed by atoms with E-state index in [4.69, 9.17) is 0 Å². The zero-order chi connectivity index (χ0) is 20.6. The van der Waals surface area contributed by atoms with Crippen molar-refractivity contribution >= 4 is 41.3 Å². The second-order valence-corrected chi connectivity index (χ2v) is 8.47. The Labute approximate surface area is 198 Å². The van der Waals surface area contributed by atoms with Crippen LogP contribution in [0.3, 0.4) is 0 Å². The van der Waals surface area contributed by atoms with Crippen molar-refractivity contribution < 1.29 is 8.78 Å². The molecule has 9 heteroatoms. The molecule has 0 aliphatic carbocycles. The van der Waals surface area contributed by atoms with Gasteiger partial charge in [-0.15, -0.1) is 35.3 Å². The van der Waals surface area contributed by atoms with Gasteiger partial charge in [-0.2, -0.15) is 0 Å². The van der Waals surface area contributed by atoms with Crippen LogP contribution >= 0.6 is 35.3 Å². The lowest BCUT2D eigenvalue weighted by atomic mass is 10.0. The molecule has 0 saturated carbocycles. The lowest BCUT2D eigenvalue weighted by Gasteiger charge is -2.33. The van der Waals surface area contributed by atoms with E-state index in [1.165, 1.54) is 17.0 Å². The molecule has 166 valence electrons. The number of halogens is 3. The predicted octanol–water partition coefficient (Wildman–Crippen LogP) is 3.97. The molecule has 2 N–H and O–H groups in total. The van der Waals surface area contributed by atoms with E-state index in [0.717, 1.165) is 61.8 Å². The summed E-state index contributed by atoms with van der Waals surface area (Å²) in [5, 5.41) is 8.01. The highest BCUT2D eigenvalue weighted by atomic mass is 127. The average Bonchev–Trinajstić information content (AvgIpc) is 3.19. The molecule has 1 aliphatic heterocycles. The second kappa shape index (κ2) is 12.5. The van der Waals surface area contributed by atoms with E-state index < -0.39 is 11.6 Å². The fourth-order valence-corrected chi connectivity index (χ4v) is 4.30. The number of likely N-dealkylation sites (tertiary alicyclic amines) is 1. The fourth-order valence-electron chi connectivity index (χ4n) is 3.43. The summed E-state index contributed by atoms with van der Waals surface area (Å²) >= 11 is 1.77. The quantitative estimate of drug-likeness (QED) is 0.312. The number of nitrogens with one attached hydrogen (secondary N) is 2. The van der Waals surface area contributed by atoms with Crippen molar-refractivity contribution in [2.24, 2.45) is 4.99 Å². The van der Waals surface area contributed by atoms with Gasteiger partial charge in [0.15, 0.2) is 17.6 Å². The van der Waals surface area contributed by atoms with E-state index in [0.29, 0.717) is 12.6 Å². The van der Waals surface area contributed by atoms with E-state index in [9.17, 15) is 8.78 Å². The monoisotopic (exact) mass is 549 g/mol. The third-order valence-corrected chi connectivity index (χ3v) is 6.32. The highest BCUT2D eigenvalue weighted by Gasteiger charge is 2.20. The third kappa shape index (κ3) is 7.42. The Hall–Kier alpha value is -1.33. The molecule has 30 heavy (non-hydrogen) atoms. The first-order valence-electron chi connectivity index (χ1n) is 10.1. The third-order valence-electron chi connectivity index (χ3n) is 5.12. The van der Waals surface area contributed by atoms with Crippen LogP contribution in [-0.2, 0) is 19.4 Å². The molecule has 1 saturated heterocycles. The summed E-state index contributed by atoms with van der Waals surface area (Å²) in [6.45, 7) is 5.40. The van der Waals surface area contributed by atoms with Crippen LogP contribution in [0.4, 0.5) is 8.78 Å². The minimum Gasteiger partial charge on any atom is -0.356 e. The number of hydrogen-bond donors (Lipinski definition) is 2. The molecule has 3 rings (SSSR count). The van der Waals surface area contributed by atoms with Crippen molar-refractivity contribution in [2.75, 3.05) is 26.7 Å². The van der Waals surface area contributed by atoms with Crippen LogP contribution in [0.25, 0.3) is 0 Å². The van der Waals surface area contributed by atoms with Gasteiger partial charge in [0.25, 0.3) is 0 Å². The van der Waals surface area contributed by atoms with E-state index in [-0.39, 0.29) is 24.0 Å². The summed E-state index contributed by atoms with van der Waals surface area (Å²) in [6, 6.07) is 4.50. The molecule has 0 spiro atoms. The minimum absolute atomic E-state index is 0. The van der Waals surface area contributed by atoms with Gasteiger partial charge in [-0.3, -0.25) is 9.89 Å². The van der Waals surface area contributed by atoms with Crippen LogP contribution < -0.4 is 10.6 Å². The molecule has 2 aromatic rings. The molecule has 0 bridgehead atoms. The van der Waals surface area contributed by atoms with Gasteiger partial charge in [0, 0.05) is 56.8 Å². The second-order valence-electron chi connectivity index (χ2n) is 7.27. The standard InChI is InChI=1S/C21H29F2N5S.HI/c1-3-17-13-26-20(29-17)6-9-25-21(24-2)27-16-7-10-28(11-8-16)14-15-4-5-18(22)19(23)12-15;/h4-5,12-13,16H,3,6-11,14H2,1-2H3,(H2,24,25,27);1H. The van der Waals surface area contributed by atoms with E-state index in [1.54, 1.807) is 24.5 Å². The molecule has 1 aromatic carbocycles. The van der Waals surface area contributed by atoms with Gasteiger partial charge in [-0.25, -0.2) is 13.8 Å². The van der Waals surface area contributed by atoms with E-state index in [1.807, 2.05) is 6.20 Å². The van der Waals surface area contributed by atoms with Gasteiger partial charge in [0.1, 0.15) is 0 Å². The first-order chi connectivity index (χ1) is 14.1. The molecular weight excluding hydrogens is 519 g/mol. The number of aliphatic imine (C=N–C) groups is 1. The van der Waals surface area contributed by atoms with Gasteiger partial charge in [0.05, 0.1) is 5.01 Å². The van der Waals surface area contributed by atoms with Crippen molar-refractivity contribution in [1.82, 2.24) is 20.5 Å². The summed E-state index contributed by atoms with van der Waals surface area (Å²) in [4.78, 5) is 12.4. The Balaban J connectivity index is 0.00000320. The Morgan fingerprint density at radius 2 is 2.03 bits per heavy atom. The molecule has 1 fully saturated rings. The molecule has 1 aliphatic rings. The lowest BCUT2D eigenvalue weighted by molar-refractivity contribution is 0.198. The highest BCUT2D eigenvalue weighted by molar-refractivity contribution is 14.0. The normalized spacial score (nSPS) is 15.7. The van der Waals surface area contributed by atoms with Gasteiger partial charge >= 0.3 is 0 Å². The Morgan fingerprint density at radius 3 is 2.67 bits per heavy atom. The smallest absolute Gasteiger partial charge is 0.191 e. The van der Waals surface area contributed by atoms with E-state index in [2.05, 4.69) is 32.4 Å². The molecule has 0 amide bonds. The predicted molar refractivity (Wildman–Crippen MR) is 130 cm³/mol. The number of thiazole rings is 1. The zero-order valence-electron chi connectivity index (χ0n) is 17.5. The van der Waals surface area contributed by atoms with E-state index >= 15 is 0 Å². The number of hydrogen-bond acceptors (Lipinski definition) is 4. The van der Waals surface area contributed by atoms with Crippen LogP contribution in [0.15, 0.2) is 29.4 Å². The summed E-state index contributed by atoms with van der Waals surface area (Å²) in [5.41, 5.74) is 0.807. The van der Waals surface area contributed by atoms with Gasteiger partial charge in [0.2, 0.25) is 0 Å². The number of aromatic nitrogens is 1. The maximum atomic E-state index is 13.4.